The Labute approximate surface area is 180 Å². The summed E-state index contributed by atoms with van der Waals surface area (Å²) in [5.41, 5.74) is -1.69. The molecule has 2 heterocycles. The molecule has 3 aromatic rings. The Morgan fingerprint density at radius 2 is 1.90 bits per heavy atom. The number of alkyl halides is 4. The molecule has 0 radical (unpaired) electrons. The van der Waals surface area contributed by atoms with Crippen molar-refractivity contribution in [3.05, 3.63) is 57.5 Å². The van der Waals surface area contributed by atoms with Crippen LogP contribution in [-0.4, -0.2) is 25.5 Å². The highest BCUT2D eigenvalue weighted by molar-refractivity contribution is 9.10. The van der Waals surface area contributed by atoms with E-state index in [-0.39, 0.29) is 12.4 Å². The Bertz CT molecular complexity index is 1030. The summed E-state index contributed by atoms with van der Waals surface area (Å²) in [5, 5.41) is 8.90. The van der Waals surface area contributed by atoms with E-state index in [0.717, 1.165) is 4.47 Å². The number of benzene rings is 1. The van der Waals surface area contributed by atoms with E-state index in [9.17, 15) is 22.4 Å². The van der Waals surface area contributed by atoms with Crippen LogP contribution >= 0.6 is 27.5 Å². The van der Waals surface area contributed by atoms with Gasteiger partial charge >= 0.3 is 0 Å². The van der Waals surface area contributed by atoms with Gasteiger partial charge in [0.15, 0.2) is 6.73 Å². The smallest absolute Gasteiger partial charge is 0.283 e. The van der Waals surface area contributed by atoms with Gasteiger partial charge in [-0.25, -0.2) is 22.2 Å². The Balaban J connectivity index is 1.62. The SMILES string of the molecule is O=C(Cn1nc(C(F)F)c(Cl)c1C(F)F)Nc1cnn(COc2ccc(Br)cc2)c1. The van der Waals surface area contributed by atoms with Crippen molar-refractivity contribution >= 4 is 39.1 Å². The lowest BCUT2D eigenvalue weighted by atomic mass is 10.3. The molecule has 13 heteroatoms. The van der Waals surface area contributed by atoms with E-state index in [0.29, 0.717) is 10.4 Å². The van der Waals surface area contributed by atoms with Crippen LogP contribution < -0.4 is 10.1 Å². The van der Waals surface area contributed by atoms with Crippen LogP contribution in [0.25, 0.3) is 0 Å². The predicted molar refractivity (Wildman–Crippen MR) is 103 cm³/mol. The van der Waals surface area contributed by atoms with E-state index in [1.807, 2.05) is 0 Å². The fourth-order valence-corrected chi connectivity index (χ4v) is 3.01. The van der Waals surface area contributed by atoms with E-state index in [1.165, 1.54) is 17.1 Å². The van der Waals surface area contributed by atoms with Crippen LogP contribution in [-0.2, 0) is 18.1 Å². The zero-order valence-electron chi connectivity index (χ0n) is 14.9. The first-order valence-corrected chi connectivity index (χ1v) is 9.44. The Morgan fingerprint density at radius 1 is 1.20 bits per heavy atom. The third-order valence-corrected chi connectivity index (χ3v) is 4.67. The number of aromatic nitrogens is 4. The van der Waals surface area contributed by atoms with Gasteiger partial charge in [-0.3, -0.25) is 9.48 Å². The number of amides is 1. The number of nitrogens with one attached hydrogen (secondary N) is 1. The van der Waals surface area contributed by atoms with Crippen molar-refractivity contribution in [1.29, 1.82) is 0 Å². The van der Waals surface area contributed by atoms with Crippen molar-refractivity contribution in [2.45, 2.75) is 26.1 Å². The number of hydrogen-bond donors (Lipinski definition) is 1. The monoisotopic (exact) mass is 509 g/mol. The molecule has 30 heavy (non-hydrogen) atoms. The van der Waals surface area contributed by atoms with Crippen LogP contribution in [0.3, 0.4) is 0 Å². The van der Waals surface area contributed by atoms with E-state index in [4.69, 9.17) is 16.3 Å². The minimum absolute atomic E-state index is 0.0551. The van der Waals surface area contributed by atoms with Gasteiger partial charge in [0.1, 0.15) is 23.7 Å². The van der Waals surface area contributed by atoms with Crippen LogP contribution in [0, 0.1) is 0 Å². The molecule has 0 aliphatic carbocycles. The van der Waals surface area contributed by atoms with Crippen LogP contribution in [0.4, 0.5) is 23.2 Å². The fourth-order valence-electron chi connectivity index (χ4n) is 2.45. The average Bonchev–Trinajstić information content (AvgIpc) is 3.25. The largest absolute Gasteiger partial charge is 0.471 e. The molecule has 3 rings (SSSR count). The summed E-state index contributed by atoms with van der Waals surface area (Å²) in [6.07, 6.45) is -3.56. The molecule has 0 bridgehead atoms. The summed E-state index contributed by atoms with van der Waals surface area (Å²) in [6, 6.07) is 7.11. The number of rotatable bonds is 8. The van der Waals surface area contributed by atoms with Gasteiger partial charge in [-0.05, 0) is 24.3 Å². The van der Waals surface area contributed by atoms with Gasteiger partial charge < -0.3 is 10.1 Å². The third-order valence-electron chi connectivity index (χ3n) is 3.76. The minimum Gasteiger partial charge on any atom is -0.471 e. The molecule has 1 N–H and O–H groups in total. The van der Waals surface area contributed by atoms with Gasteiger partial charge in [0.2, 0.25) is 5.91 Å². The molecule has 1 amide bonds. The molecule has 1 aromatic carbocycles. The fraction of sp³-hybridized carbons (Fsp3) is 0.235. The van der Waals surface area contributed by atoms with Crippen LogP contribution in [0.2, 0.25) is 5.02 Å². The average molecular weight is 511 g/mol. The van der Waals surface area contributed by atoms with Crippen molar-refractivity contribution in [1.82, 2.24) is 19.6 Å². The lowest BCUT2D eigenvalue weighted by Gasteiger charge is -2.07. The maximum absolute atomic E-state index is 13.1. The molecular formula is C17H13BrClF4N5O2. The van der Waals surface area contributed by atoms with Gasteiger partial charge in [0, 0.05) is 4.47 Å². The summed E-state index contributed by atoms with van der Waals surface area (Å²) in [7, 11) is 0. The lowest BCUT2D eigenvalue weighted by Crippen LogP contribution is -2.21. The molecule has 0 spiro atoms. The van der Waals surface area contributed by atoms with Crippen molar-refractivity contribution in [2.24, 2.45) is 0 Å². The molecule has 7 nitrogen and oxygen atoms in total. The van der Waals surface area contributed by atoms with Gasteiger partial charge in [-0.15, -0.1) is 0 Å². The number of carbonyl (C=O) groups excluding carboxylic acids is 1. The lowest BCUT2D eigenvalue weighted by molar-refractivity contribution is -0.117. The highest BCUT2D eigenvalue weighted by atomic mass is 79.9. The van der Waals surface area contributed by atoms with Crippen molar-refractivity contribution in [2.75, 3.05) is 5.32 Å². The molecular weight excluding hydrogens is 498 g/mol. The molecule has 0 unspecified atom stereocenters. The molecule has 0 aliphatic heterocycles. The minimum atomic E-state index is -3.18. The van der Waals surface area contributed by atoms with Gasteiger partial charge in [-0.1, -0.05) is 27.5 Å². The van der Waals surface area contributed by atoms with E-state index in [1.54, 1.807) is 24.3 Å². The number of ether oxygens (including phenoxy) is 1. The van der Waals surface area contributed by atoms with Crippen molar-refractivity contribution in [3.8, 4) is 5.75 Å². The standard InChI is InChI=1S/C17H13BrClF4N5O2/c18-9-1-3-11(4-2-9)30-8-27-6-10(5-24-27)25-12(29)7-28-15(17(22)23)13(19)14(26-28)16(20)21/h1-6,16-17H,7-8H2,(H,25,29). The normalized spacial score (nSPS) is 11.3. The maximum Gasteiger partial charge on any atom is 0.283 e. The molecule has 2 aromatic heterocycles. The van der Waals surface area contributed by atoms with Crippen LogP contribution in [0.5, 0.6) is 5.75 Å². The summed E-state index contributed by atoms with van der Waals surface area (Å²) in [6.45, 7) is -0.674. The quantitative estimate of drug-likeness (QED) is 0.431. The van der Waals surface area contributed by atoms with Crippen LogP contribution in [0.1, 0.15) is 24.2 Å². The molecule has 160 valence electrons. The summed E-state index contributed by atoms with van der Waals surface area (Å²) < 4.78 is 60.3. The van der Waals surface area contributed by atoms with E-state index < -0.39 is 41.7 Å². The second kappa shape index (κ2) is 9.47. The number of halogens is 6. The number of nitrogens with zero attached hydrogens (tertiary/aromatic N) is 4. The number of anilines is 1. The third kappa shape index (κ3) is 5.30. The zero-order valence-corrected chi connectivity index (χ0v) is 17.2. The molecule has 0 fully saturated rings. The predicted octanol–water partition coefficient (Wildman–Crippen LogP) is 5.05. The van der Waals surface area contributed by atoms with Crippen molar-refractivity contribution < 1.29 is 27.1 Å². The molecule has 0 saturated carbocycles. The van der Waals surface area contributed by atoms with E-state index >= 15 is 0 Å². The van der Waals surface area contributed by atoms with Gasteiger partial charge in [0.05, 0.1) is 23.1 Å². The highest BCUT2D eigenvalue weighted by Gasteiger charge is 2.28. The second-order valence-corrected chi connectivity index (χ2v) is 7.18. The van der Waals surface area contributed by atoms with E-state index in [2.05, 4.69) is 31.4 Å². The molecule has 0 atom stereocenters. The summed E-state index contributed by atoms with van der Waals surface area (Å²) in [4.78, 5) is 12.1. The summed E-state index contributed by atoms with van der Waals surface area (Å²) in [5.74, 6) is -0.172. The number of carbonyl (C=O) groups is 1. The van der Waals surface area contributed by atoms with Gasteiger partial charge in [0.25, 0.3) is 12.9 Å². The topological polar surface area (TPSA) is 74.0 Å². The highest BCUT2D eigenvalue weighted by Crippen LogP contribution is 2.34. The first-order chi connectivity index (χ1) is 14.2. The maximum atomic E-state index is 13.1. The Hall–Kier alpha value is -2.60. The van der Waals surface area contributed by atoms with Gasteiger partial charge in [-0.2, -0.15) is 10.2 Å². The van der Waals surface area contributed by atoms with Crippen molar-refractivity contribution in [3.63, 3.8) is 0 Å². The Kier molecular flexibility index (Phi) is 6.98. The first-order valence-electron chi connectivity index (χ1n) is 8.27. The first kappa shape index (κ1) is 22.1. The Morgan fingerprint density at radius 3 is 2.53 bits per heavy atom. The van der Waals surface area contributed by atoms with Crippen LogP contribution in [0.15, 0.2) is 41.1 Å². The second-order valence-electron chi connectivity index (χ2n) is 5.89. The zero-order chi connectivity index (χ0) is 21.8. The molecule has 0 aliphatic rings. The number of hydrogen-bond acceptors (Lipinski definition) is 4. The molecule has 0 saturated heterocycles. The summed E-state index contributed by atoms with van der Waals surface area (Å²) >= 11 is 8.87.